The normalized spacial score (nSPS) is 19.9. The summed E-state index contributed by atoms with van der Waals surface area (Å²) in [4.78, 5) is 64.6. The van der Waals surface area contributed by atoms with Gasteiger partial charge in [0.2, 0.25) is 12.3 Å². The standard InChI is InChI=1S/C33H49N5O6/c1-2-12-29(30(40)36-23-39)38-31(41)27-17-14-24(21-28(27)32(38)42)34-18-9-7-5-3-4-6-8-10-19-35-33(43)44-22-26-16-15-25-13-11-20-37(25)26/h14,17,21,23,25-26,29,34H,2-13,15-16,18-20,22H2,1H3,(H,35,43)(H,36,39,40). The highest BCUT2D eigenvalue weighted by atomic mass is 16.5. The lowest BCUT2D eigenvalue weighted by Gasteiger charge is -2.23. The Balaban J connectivity index is 1.02. The predicted molar refractivity (Wildman–Crippen MR) is 167 cm³/mol. The van der Waals surface area contributed by atoms with Crippen molar-refractivity contribution in [3.63, 3.8) is 0 Å². The molecule has 4 rings (SSSR count). The van der Waals surface area contributed by atoms with Crippen molar-refractivity contribution in [2.75, 3.05) is 31.6 Å². The van der Waals surface area contributed by atoms with Crippen molar-refractivity contribution in [3.05, 3.63) is 29.3 Å². The molecule has 242 valence electrons. The molecule has 3 unspecified atom stereocenters. The van der Waals surface area contributed by atoms with Crippen molar-refractivity contribution >= 4 is 35.9 Å². The molecule has 3 N–H and O–H groups in total. The van der Waals surface area contributed by atoms with E-state index < -0.39 is 23.8 Å². The number of anilines is 1. The van der Waals surface area contributed by atoms with Gasteiger partial charge in [0, 0.05) is 30.9 Å². The van der Waals surface area contributed by atoms with Gasteiger partial charge in [0.15, 0.2) is 0 Å². The SMILES string of the molecule is CCCC(C(=O)NC=O)N1C(=O)c2ccc(NCCCCCCCCCCNC(=O)OCC3CCC4CCCN43)cc2C1=O. The van der Waals surface area contributed by atoms with Crippen LogP contribution < -0.4 is 16.0 Å². The Labute approximate surface area is 260 Å². The monoisotopic (exact) mass is 611 g/mol. The number of carbonyl (C=O) groups excluding carboxylic acids is 5. The highest BCUT2D eigenvalue weighted by molar-refractivity contribution is 6.23. The molecule has 3 heterocycles. The summed E-state index contributed by atoms with van der Waals surface area (Å²) in [5, 5.41) is 8.30. The number of hydrogen-bond donors (Lipinski definition) is 3. The number of benzene rings is 1. The number of fused-ring (bicyclic) bond motifs is 2. The van der Waals surface area contributed by atoms with Gasteiger partial charge in [0.1, 0.15) is 12.6 Å². The van der Waals surface area contributed by atoms with Crippen LogP contribution in [0.3, 0.4) is 0 Å². The Hall–Kier alpha value is -3.47. The van der Waals surface area contributed by atoms with Crippen LogP contribution in [-0.4, -0.2) is 84.4 Å². The summed E-state index contributed by atoms with van der Waals surface area (Å²) in [5.41, 5.74) is 1.31. The molecule has 0 saturated carbocycles. The largest absolute Gasteiger partial charge is 0.448 e. The minimum atomic E-state index is -1.01. The number of hydrogen-bond acceptors (Lipinski definition) is 8. The van der Waals surface area contributed by atoms with E-state index in [9.17, 15) is 24.0 Å². The zero-order valence-corrected chi connectivity index (χ0v) is 26.1. The van der Waals surface area contributed by atoms with Gasteiger partial charge in [-0.15, -0.1) is 0 Å². The number of rotatable bonds is 19. The van der Waals surface area contributed by atoms with Crippen molar-refractivity contribution in [2.24, 2.45) is 0 Å². The molecule has 5 amide bonds. The molecule has 11 nitrogen and oxygen atoms in total. The molecule has 44 heavy (non-hydrogen) atoms. The summed E-state index contributed by atoms with van der Waals surface area (Å²) < 4.78 is 5.47. The molecule has 3 atom stereocenters. The molecule has 0 spiro atoms. The fraction of sp³-hybridized carbons (Fsp3) is 0.667. The first-order chi connectivity index (χ1) is 21.4. The van der Waals surface area contributed by atoms with E-state index in [4.69, 9.17) is 4.74 Å². The maximum absolute atomic E-state index is 13.1. The van der Waals surface area contributed by atoms with Crippen molar-refractivity contribution in [1.29, 1.82) is 0 Å². The molecule has 2 fully saturated rings. The fourth-order valence-corrected chi connectivity index (χ4v) is 6.79. The minimum Gasteiger partial charge on any atom is -0.448 e. The van der Waals surface area contributed by atoms with Gasteiger partial charge in [0.05, 0.1) is 11.1 Å². The molecule has 1 aromatic carbocycles. The number of nitrogens with zero attached hydrogens (tertiary/aromatic N) is 2. The summed E-state index contributed by atoms with van der Waals surface area (Å²) in [6, 6.07) is 5.18. The molecular formula is C33H49N5O6. The van der Waals surface area contributed by atoms with Gasteiger partial charge in [-0.2, -0.15) is 0 Å². The van der Waals surface area contributed by atoms with Crippen LogP contribution in [0.2, 0.25) is 0 Å². The van der Waals surface area contributed by atoms with Gasteiger partial charge in [0.25, 0.3) is 11.8 Å². The number of amides is 5. The van der Waals surface area contributed by atoms with Crippen LogP contribution in [0, 0.1) is 0 Å². The van der Waals surface area contributed by atoms with Gasteiger partial charge in [-0.25, -0.2) is 4.79 Å². The van der Waals surface area contributed by atoms with E-state index >= 15 is 0 Å². The summed E-state index contributed by atoms with van der Waals surface area (Å²) >= 11 is 0. The lowest BCUT2D eigenvalue weighted by molar-refractivity contribution is -0.128. The van der Waals surface area contributed by atoms with E-state index in [-0.39, 0.29) is 30.1 Å². The topological polar surface area (TPSA) is 137 Å². The summed E-state index contributed by atoms with van der Waals surface area (Å²) in [6.45, 7) is 4.92. The second kappa shape index (κ2) is 17.1. The molecule has 3 aliphatic rings. The Kier molecular flexibility index (Phi) is 13.0. The van der Waals surface area contributed by atoms with Gasteiger partial charge in [-0.05, 0) is 69.7 Å². The zero-order chi connectivity index (χ0) is 31.3. The number of carbonyl (C=O) groups is 5. The number of alkyl carbamates (subject to hydrolysis) is 1. The van der Waals surface area contributed by atoms with Gasteiger partial charge < -0.3 is 15.4 Å². The van der Waals surface area contributed by atoms with Crippen LogP contribution in [0.15, 0.2) is 18.2 Å². The lowest BCUT2D eigenvalue weighted by Crippen LogP contribution is -2.49. The van der Waals surface area contributed by atoms with Crippen LogP contribution in [0.25, 0.3) is 0 Å². The van der Waals surface area contributed by atoms with E-state index in [0.717, 1.165) is 68.6 Å². The summed E-state index contributed by atoms with van der Waals surface area (Å²) in [6.07, 6.45) is 14.6. The Morgan fingerprint density at radius 1 is 0.955 bits per heavy atom. The van der Waals surface area contributed by atoms with Gasteiger partial charge in [-0.1, -0.05) is 51.9 Å². The highest BCUT2D eigenvalue weighted by Gasteiger charge is 2.42. The highest BCUT2D eigenvalue weighted by Crippen LogP contribution is 2.32. The zero-order valence-electron chi connectivity index (χ0n) is 26.1. The Morgan fingerprint density at radius 2 is 1.66 bits per heavy atom. The van der Waals surface area contributed by atoms with E-state index in [1.807, 2.05) is 6.92 Å². The van der Waals surface area contributed by atoms with E-state index in [1.165, 1.54) is 32.1 Å². The number of unbranched alkanes of at least 4 members (excludes halogenated alkanes) is 7. The van der Waals surface area contributed by atoms with Crippen molar-refractivity contribution in [3.8, 4) is 0 Å². The molecule has 11 heteroatoms. The third kappa shape index (κ3) is 8.80. The first-order valence-electron chi connectivity index (χ1n) is 16.6. The van der Waals surface area contributed by atoms with Crippen molar-refractivity contribution in [1.82, 2.24) is 20.4 Å². The molecule has 0 aromatic heterocycles. The summed E-state index contributed by atoms with van der Waals surface area (Å²) in [7, 11) is 0. The average Bonchev–Trinajstić information content (AvgIpc) is 3.70. The number of nitrogens with one attached hydrogen (secondary N) is 3. The minimum absolute atomic E-state index is 0.269. The van der Waals surface area contributed by atoms with Crippen LogP contribution in [-0.2, 0) is 14.3 Å². The fourth-order valence-electron chi connectivity index (χ4n) is 6.79. The molecule has 0 bridgehead atoms. The van der Waals surface area contributed by atoms with Gasteiger partial charge in [-0.3, -0.25) is 34.3 Å². The molecule has 0 aliphatic carbocycles. The number of imide groups is 2. The van der Waals surface area contributed by atoms with Crippen LogP contribution in [0.5, 0.6) is 0 Å². The first kappa shape index (κ1) is 33.4. The molecular weight excluding hydrogens is 562 g/mol. The van der Waals surface area contributed by atoms with E-state index in [0.29, 0.717) is 31.7 Å². The van der Waals surface area contributed by atoms with Crippen LogP contribution in [0.4, 0.5) is 10.5 Å². The second-order valence-corrected chi connectivity index (χ2v) is 12.2. The van der Waals surface area contributed by atoms with Gasteiger partial charge >= 0.3 is 6.09 Å². The second-order valence-electron chi connectivity index (χ2n) is 12.2. The van der Waals surface area contributed by atoms with Crippen molar-refractivity contribution in [2.45, 2.75) is 115 Å². The number of ether oxygens (including phenoxy) is 1. The maximum Gasteiger partial charge on any atom is 0.407 e. The third-order valence-electron chi connectivity index (χ3n) is 9.13. The van der Waals surface area contributed by atoms with Crippen LogP contribution in [0.1, 0.15) is 118 Å². The first-order valence-corrected chi connectivity index (χ1v) is 16.6. The average molecular weight is 612 g/mol. The van der Waals surface area contributed by atoms with E-state index in [2.05, 4.69) is 20.9 Å². The van der Waals surface area contributed by atoms with E-state index in [1.54, 1.807) is 18.2 Å². The maximum atomic E-state index is 13.1. The smallest absolute Gasteiger partial charge is 0.407 e. The molecule has 3 aliphatic heterocycles. The molecule has 1 aromatic rings. The Bertz CT molecular complexity index is 1160. The van der Waals surface area contributed by atoms with Crippen LogP contribution >= 0.6 is 0 Å². The lowest BCUT2D eigenvalue weighted by atomic mass is 10.1. The molecule has 0 radical (unpaired) electrons. The predicted octanol–water partition coefficient (Wildman–Crippen LogP) is 4.61. The quantitative estimate of drug-likeness (QED) is 0.117. The summed E-state index contributed by atoms with van der Waals surface area (Å²) in [5.74, 6) is -1.67. The third-order valence-corrected chi connectivity index (χ3v) is 9.13. The molecule has 2 saturated heterocycles. The van der Waals surface area contributed by atoms with Crippen molar-refractivity contribution < 1.29 is 28.7 Å². The Morgan fingerprint density at radius 3 is 2.39 bits per heavy atom.